The van der Waals surface area contributed by atoms with Crippen molar-refractivity contribution in [3.05, 3.63) is 12.2 Å². The molecule has 1 heteroatoms. The van der Waals surface area contributed by atoms with Crippen LogP contribution in [-0.2, 0) is 4.74 Å². The standard InChI is InChI=1S/C20H36O/c1-3-5-6-7-8-17-9-11-18(12-10-17)19-13-15-20(16-14-19)21-4-2/h3,5,17-20H,4,6-16H2,1-2H3/b5-3-. The Morgan fingerprint density at radius 1 is 0.905 bits per heavy atom. The first-order valence-electron chi connectivity index (χ1n) is 9.56. The van der Waals surface area contributed by atoms with Crippen LogP contribution in [-0.4, -0.2) is 12.7 Å². The minimum Gasteiger partial charge on any atom is -0.379 e. The van der Waals surface area contributed by atoms with Crippen molar-refractivity contribution in [3.8, 4) is 0 Å². The smallest absolute Gasteiger partial charge is 0.0575 e. The van der Waals surface area contributed by atoms with E-state index in [-0.39, 0.29) is 0 Å². The molecule has 0 aromatic heterocycles. The molecule has 2 saturated carbocycles. The van der Waals surface area contributed by atoms with Crippen LogP contribution in [0.25, 0.3) is 0 Å². The number of hydrogen-bond donors (Lipinski definition) is 0. The molecule has 0 aliphatic heterocycles. The Morgan fingerprint density at radius 3 is 2.10 bits per heavy atom. The van der Waals surface area contributed by atoms with Crippen molar-refractivity contribution in [3.63, 3.8) is 0 Å². The van der Waals surface area contributed by atoms with Crippen LogP contribution in [0.15, 0.2) is 12.2 Å². The Bertz CT molecular complexity index is 280. The van der Waals surface area contributed by atoms with Gasteiger partial charge >= 0.3 is 0 Å². The Hall–Kier alpha value is -0.300. The minimum absolute atomic E-state index is 0.578. The molecule has 0 saturated heterocycles. The van der Waals surface area contributed by atoms with Crippen LogP contribution in [0.1, 0.15) is 84.5 Å². The van der Waals surface area contributed by atoms with Gasteiger partial charge < -0.3 is 4.74 Å². The monoisotopic (exact) mass is 292 g/mol. The number of ether oxygens (including phenoxy) is 1. The quantitative estimate of drug-likeness (QED) is 0.405. The summed E-state index contributed by atoms with van der Waals surface area (Å²) in [5, 5.41) is 0. The molecule has 0 atom stereocenters. The number of hydrogen-bond acceptors (Lipinski definition) is 1. The maximum Gasteiger partial charge on any atom is 0.0575 e. The van der Waals surface area contributed by atoms with E-state index in [4.69, 9.17) is 4.74 Å². The Morgan fingerprint density at radius 2 is 1.52 bits per heavy atom. The summed E-state index contributed by atoms with van der Waals surface area (Å²) in [6.07, 6.45) is 20.8. The highest BCUT2D eigenvalue weighted by Gasteiger charge is 2.30. The summed E-state index contributed by atoms with van der Waals surface area (Å²) in [7, 11) is 0. The summed E-state index contributed by atoms with van der Waals surface area (Å²) < 4.78 is 5.79. The van der Waals surface area contributed by atoms with E-state index in [9.17, 15) is 0 Å². The van der Waals surface area contributed by atoms with E-state index in [0.717, 1.165) is 24.4 Å². The van der Waals surface area contributed by atoms with Gasteiger partial charge in [0.2, 0.25) is 0 Å². The zero-order valence-electron chi connectivity index (χ0n) is 14.4. The van der Waals surface area contributed by atoms with Crippen molar-refractivity contribution >= 4 is 0 Å². The van der Waals surface area contributed by atoms with Gasteiger partial charge in [-0.25, -0.2) is 0 Å². The van der Waals surface area contributed by atoms with E-state index < -0.39 is 0 Å². The molecule has 0 heterocycles. The normalized spacial score (nSPS) is 34.4. The maximum atomic E-state index is 5.79. The molecule has 0 radical (unpaired) electrons. The number of allylic oxidation sites excluding steroid dienone is 2. The molecule has 0 aromatic rings. The summed E-state index contributed by atoms with van der Waals surface area (Å²) >= 11 is 0. The van der Waals surface area contributed by atoms with Gasteiger partial charge in [0.05, 0.1) is 6.10 Å². The zero-order valence-corrected chi connectivity index (χ0v) is 14.4. The second-order valence-corrected chi connectivity index (χ2v) is 7.27. The zero-order chi connectivity index (χ0) is 14.9. The first-order valence-corrected chi connectivity index (χ1v) is 9.56. The lowest BCUT2D eigenvalue weighted by atomic mass is 9.70. The van der Waals surface area contributed by atoms with Crippen LogP contribution in [0.3, 0.4) is 0 Å². The van der Waals surface area contributed by atoms with E-state index in [1.165, 1.54) is 70.6 Å². The largest absolute Gasteiger partial charge is 0.379 e. The molecule has 0 N–H and O–H groups in total. The van der Waals surface area contributed by atoms with E-state index in [1.54, 1.807) is 0 Å². The average Bonchev–Trinajstić information content (AvgIpc) is 2.53. The van der Waals surface area contributed by atoms with E-state index in [2.05, 4.69) is 26.0 Å². The van der Waals surface area contributed by atoms with E-state index in [1.807, 2.05) is 0 Å². The highest BCUT2D eigenvalue weighted by Crippen LogP contribution is 2.41. The topological polar surface area (TPSA) is 9.23 Å². The third-order valence-corrected chi connectivity index (χ3v) is 5.90. The fourth-order valence-corrected chi connectivity index (χ4v) is 4.60. The summed E-state index contributed by atoms with van der Waals surface area (Å²) in [6.45, 7) is 5.16. The Balaban J connectivity index is 1.61. The van der Waals surface area contributed by atoms with E-state index in [0.29, 0.717) is 6.10 Å². The third kappa shape index (κ3) is 5.77. The molecular formula is C20H36O. The van der Waals surface area contributed by atoms with Crippen LogP contribution in [0, 0.1) is 17.8 Å². The van der Waals surface area contributed by atoms with Crippen molar-refractivity contribution in [1.29, 1.82) is 0 Å². The van der Waals surface area contributed by atoms with Crippen LogP contribution in [0.5, 0.6) is 0 Å². The highest BCUT2D eigenvalue weighted by atomic mass is 16.5. The molecule has 2 aliphatic carbocycles. The lowest BCUT2D eigenvalue weighted by Gasteiger charge is -2.37. The van der Waals surface area contributed by atoms with Gasteiger partial charge in [-0.1, -0.05) is 31.4 Å². The van der Waals surface area contributed by atoms with Gasteiger partial charge in [-0.3, -0.25) is 0 Å². The molecule has 1 nitrogen and oxygen atoms in total. The maximum absolute atomic E-state index is 5.79. The second-order valence-electron chi connectivity index (χ2n) is 7.27. The molecule has 0 bridgehead atoms. The molecule has 0 aromatic carbocycles. The molecular weight excluding hydrogens is 256 g/mol. The first-order chi connectivity index (χ1) is 10.3. The third-order valence-electron chi connectivity index (χ3n) is 5.90. The Labute approximate surface area is 132 Å². The van der Waals surface area contributed by atoms with Crippen molar-refractivity contribution < 1.29 is 4.74 Å². The summed E-state index contributed by atoms with van der Waals surface area (Å²) in [5.41, 5.74) is 0. The predicted octanol–water partition coefficient (Wildman–Crippen LogP) is 6.13. The van der Waals surface area contributed by atoms with E-state index >= 15 is 0 Å². The van der Waals surface area contributed by atoms with Gasteiger partial charge in [0.25, 0.3) is 0 Å². The van der Waals surface area contributed by atoms with Crippen LogP contribution < -0.4 is 0 Å². The molecule has 0 spiro atoms. The van der Waals surface area contributed by atoms with Gasteiger partial charge in [-0.05, 0) is 83.0 Å². The van der Waals surface area contributed by atoms with Gasteiger partial charge in [0, 0.05) is 6.61 Å². The van der Waals surface area contributed by atoms with Crippen molar-refractivity contribution in [2.24, 2.45) is 17.8 Å². The molecule has 0 unspecified atom stereocenters. The molecule has 0 amide bonds. The van der Waals surface area contributed by atoms with Gasteiger partial charge in [-0.15, -0.1) is 0 Å². The molecule has 2 rings (SSSR count). The second kappa shape index (κ2) is 9.66. The predicted molar refractivity (Wildman–Crippen MR) is 91.5 cm³/mol. The molecule has 21 heavy (non-hydrogen) atoms. The first kappa shape index (κ1) is 17.1. The fourth-order valence-electron chi connectivity index (χ4n) is 4.60. The number of unbranched alkanes of at least 4 members (excludes halogenated alkanes) is 1. The molecule has 122 valence electrons. The summed E-state index contributed by atoms with van der Waals surface area (Å²) in [5.74, 6) is 3.09. The summed E-state index contributed by atoms with van der Waals surface area (Å²) in [6, 6.07) is 0. The Kier molecular flexibility index (Phi) is 7.85. The molecule has 2 fully saturated rings. The van der Waals surface area contributed by atoms with Crippen LogP contribution in [0.4, 0.5) is 0 Å². The lowest BCUT2D eigenvalue weighted by molar-refractivity contribution is 0.0134. The van der Waals surface area contributed by atoms with Crippen molar-refractivity contribution in [2.75, 3.05) is 6.61 Å². The van der Waals surface area contributed by atoms with Crippen LogP contribution in [0.2, 0.25) is 0 Å². The van der Waals surface area contributed by atoms with Crippen molar-refractivity contribution in [2.45, 2.75) is 90.6 Å². The SMILES string of the molecule is C/C=C\CCCC1CCC(C2CCC(OCC)CC2)CC1. The summed E-state index contributed by atoms with van der Waals surface area (Å²) in [4.78, 5) is 0. The fraction of sp³-hybridized carbons (Fsp3) is 0.900. The molecule has 2 aliphatic rings. The lowest BCUT2D eigenvalue weighted by Crippen LogP contribution is -2.28. The minimum atomic E-state index is 0.578. The van der Waals surface area contributed by atoms with Crippen LogP contribution >= 0.6 is 0 Å². The highest BCUT2D eigenvalue weighted by molar-refractivity contribution is 4.83. The van der Waals surface area contributed by atoms with Gasteiger partial charge in [0.1, 0.15) is 0 Å². The van der Waals surface area contributed by atoms with Gasteiger partial charge in [0.15, 0.2) is 0 Å². The number of rotatable bonds is 7. The van der Waals surface area contributed by atoms with Crippen molar-refractivity contribution in [1.82, 2.24) is 0 Å². The van der Waals surface area contributed by atoms with Gasteiger partial charge in [-0.2, -0.15) is 0 Å². The average molecular weight is 293 g/mol.